The van der Waals surface area contributed by atoms with E-state index in [4.69, 9.17) is 16.3 Å². The number of rotatable bonds is 5. The molecular formula is C15H16ClOS. The van der Waals surface area contributed by atoms with Gasteiger partial charge in [-0.25, -0.2) is 0 Å². The maximum Gasteiger partial charge on any atom is 0.133 e. The molecule has 1 heterocycles. The number of thiophene rings is 1. The second kappa shape index (κ2) is 6.26. The van der Waals surface area contributed by atoms with Crippen molar-refractivity contribution in [2.24, 2.45) is 0 Å². The molecule has 1 nitrogen and oxygen atoms in total. The highest BCUT2D eigenvalue weighted by atomic mass is 35.5. The Hall–Kier alpha value is -0.990. The second-order valence-electron chi connectivity index (χ2n) is 4.13. The third-order valence-electron chi connectivity index (χ3n) is 2.86. The first kappa shape index (κ1) is 13.4. The van der Waals surface area contributed by atoms with Gasteiger partial charge in [0.05, 0.1) is 0 Å². The molecule has 0 bridgehead atoms. The van der Waals surface area contributed by atoms with Crippen molar-refractivity contribution in [1.29, 1.82) is 0 Å². The number of aryl methyl sites for hydroxylation is 1. The fourth-order valence-electron chi connectivity index (χ4n) is 1.79. The number of hydrogen-bond donors (Lipinski definition) is 0. The van der Waals surface area contributed by atoms with Crippen molar-refractivity contribution >= 4 is 22.9 Å². The fraction of sp³-hybridized carbons (Fsp3) is 0.267. The zero-order chi connectivity index (χ0) is 13.0. The minimum Gasteiger partial charge on any atom is -0.485 e. The molecule has 95 valence electrons. The van der Waals surface area contributed by atoms with Crippen LogP contribution in [0.5, 0.6) is 5.75 Å². The van der Waals surface area contributed by atoms with Crippen molar-refractivity contribution in [3.05, 3.63) is 58.6 Å². The van der Waals surface area contributed by atoms with E-state index in [0.717, 1.165) is 23.3 Å². The summed E-state index contributed by atoms with van der Waals surface area (Å²) in [6, 6.07) is 10.1. The molecule has 0 amide bonds. The van der Waals surface area contributed by atoms with Crippen molar-refractivity contribution in [2.75, 3.05) is 0 Å². The van der Waals surface area contributed by atoms with Gasteiger partial charge in [-0.15, -0.1) is 22.9 Å². The van der Waals surface area contributed by atoms with E-state index in [-0.39, 0.29) is 6.10 Å². The average Bonchev–Trinajstić information content (AvgIpc) is 2.90. The second-order valence-corrected chi connectivity index (χ2v) is 5.38. The summed E-state index contributed by atoms with van der Waals surface area (Å²) in [5.41, 5.74) is 2.31. The van der Waals surface area contributed by atoms with Crippen LogP contribution in [0.25, 0.3) is 0 Å². The number of hydrogen-bond acceptors (Lipinski definition) is 2. The van der Waals surface area contributed by atoms with Gasteiger partial charge in [0.25, 0.3) is 0 Å². The highest BCUT2D eigenvalue weighted by molar-refractivity contribution is 7.10. The maximum atomic E-state index is 5.99. The zero-order valence-electron chi connectivity index (χ0n) is 10.4. The number of benzene rings is 1. The van der Waals surface area contributed by atoms with E-state index in [9.17, 15) is 0 Å². The van der Waals surface area contributed by atoms with Crippen LogP contribution in [0.3, 0.4) is 0 Å². The molecule has 3 heteroatoms. The van der Waals surface area contributed by atoms with E-state index in [1.165, 1.54) is 4.88 Å². The van der Waals surface area contributed by atoms with E-state index in [2.05, 4.69) is 25.3 Å². The molecule has 0 aliphatic heterocycles. The van der Waals surface area contributed by atoms with Gasteiger partial charge >= 0.3 is 0 Å². The Morgan fingerprint density at radius 1 is 1.39 bits per heavy atom. The third kappa shape index (κ3) is 3.06. The van der Waals surface area contributed by atoms with E-state index >= 15 is 0 Å². The van der Waals surface area contributed by atoms with Crippen LogP contribution >= 0.6 is 22.9 Å². The molecule has 1 aromatic carbocycles. The van der Waals surface area contributed by atoms with E-state index in [1.807, 2.05) is 24.3 Å². The van der Waals surface area contributed by atoms with E-state index < -0.39 is 0 Å². The summed E-state index contributed by atoms with van der Waals surface area (Å²) in [5.74, 6) is 1.42. The van der Waals surface area contributed by atoms with Crippen LogP contribution in [-0.4, -0.2) is 0 Å². The van der Waals surface area contributed by atoms with Gasteiger partial charge < -0.3 is 4.74 Å². The lowest BCUT2D eigenvalue weighted by Gasteiger charge is -2.17. The molecule has 2 aromatic rings. The molecule has 0 fully saturated rings. The molecule has 1 atom stereocenters. The number of ether oxygens (including phenoxy) is 1. The molecular weight excluding hydrogens is 264 g/mol. The largest absolute Gasteiger partial charge is 0.485 e. The zero-order valence-corrected chi connectivity index (χ0v) is 11.9. The molecule has 0 aliphatic rings. The molecule has 18 heavy (non-hydrogen) atoms. The lowest BCUT2D eigenvalue weighted by Crippen LogP contribution is -2.04. The van der Waals surface area contributed by atoms with E-state index in [1.54, 1.807) is 11.3 Å². The van der Waals surface area contributed by atoms with Gasteiger partial charge in [0.15, 0.2) is 0 Å². The van der Waals surface area contributed by atoms with E-state index in [0.29, 0.717) is 5.88 Å². The van der Waals surface area contributed by atoms with Gasteiger partial charge in [-0.05, 0) is 55.0 Å². The minimum atomic E-state index is 0.0336. The summed E-state index contributed by atoms with van der Waals surface area (Å²) >= 11 is 7.55. The molecule has 0 unspecified atom stereocenters. The van der Waals surface area contributed by atoms with Crippen molar-refractivity contribution in [2.45, 2.75) is 25.3 Å². The predicted octanol–water partition coefficient (Wildman–Crippen LogP) is 5.14. The molecule has 0 N–H and O–H groups in total. The fourth-order valence-corrected chi connectivity index (χ4v) is 2.88. The third-order valence-corrected chi connectivity index (χ3v) is 4.11. The van der Waals surface area contributed by atoms with Gasteiger partial charge in [0.2, 0.25) is 0 Å². The molecule has 0 saturated carbocycles. The number of alkyl halides is 1. The Morgan fingerprint density at radius 2 is 2.22 bits per heavy atom. The quantitative estimate of drug-likeness (QED) is 0.689. The Bertz CT molecular complexity index is 493. The van der Waals surface area contributed by atoms with Crippen LogP contribution in [0.1, 0.15) is 28.5 Å². The van der Waals surface area contributed by atoms with Crippen LogP contribution in [-0.2, 0) is 5.88 Å². The van der Waals surface area contributed by atoms with Crippen molar-refractivity contribution in [1.82, 2.24) is 0 Å². The highest BCUT2D eigenvalue weighted by Gasteiger charge is 2.12. The van der Waals surface area contributed by atoms with Gasteiger partial charge in [-0.2, -0.15) is 0 Å². The standard InChI is InChI=1S/C15H16ClOS/c1-3-14(15-5-4-8-18-15)17-13-7-6-12(10-16)11(2)9-13/h4-9,14H,1,3,10H2,2H3/t14-/m0/s1. The predicted molar refractivity (Wildman–Crippen MR) is 78.4 cm³/mol. The lowest BCUT2D eigenvalue weighted by molar-refractivity contribution is 0.212. The van der Waals surface area contributed by atoms with Gasteiger partial charge in [-0.3, -0.25) is 0 Å². The van der Waals surface area contributed by atoms with Crippen LogP contribution in [0.4, 0.5) is 0 Å². The van der Waals surface area contributed by atoms with Crippen molar-refractivity contribution < 1.29 is 4.74 Å². The Balaban J connectivity index is 2.15. The van der Waals surface area contributed by atoms with Crippen molar-refractivity contribution in [3.8, 4) is 5.75 Å². The minimum absolute atomic E-state index is 0.0336. The lowest BCUT2D eigenvalue weighted by atomic mass is 10.1. The topological polar surface area (TPSA) is 9.23 Å². The monoisotopic (exact) mass is 279 g/mol. The first-order chi connectivity index (χ1) is 8.74. The smallest absolute Gasteiger partial charge is 0.133 e. The van der Waals surface area contributed by atoms with Crippen molar-refractivity contribution in [3.63, 3.8) is 0 Å². The first-order valence-electron chi connectivity index (χ1n) is 5.89. The molecule has 0 aliphatic carbocycles. The van der Waals surface area contributed by atoms with Crippen LogP contribution in [0.15, 0.2) is 35.7 Å². The summed E-state index contributed by atoms with van der Waals surface area (Å²) in [4.78, 5) is 1.21. The molecule has 2 rings (SSSR count). The highest BCUT2D eigenvalue weighted by Crippen LogP contribution is 2.29. The molecule has 1 aromatic heterocycles. The number of halogens is 1. The first-order valence-corrected chi connectivity index (χ1v) is 7.30. The van der Waals surface area contributed by atoms with Gasteiger partial charge in [-0.1, -0.05) is 12.1 Å². The molecule has 0 spiro atoms. The Morgan fingerprint density at radius 3 is 2.78 bits per heavy atom. The van der Waals surface area contributed by atoms with Gasteiger partial charge in [0, 0.05) is 10.8 Å². The summed E-state index contributed by atoms with van der Waals surface area (Å²) in [6.45, 7) is 6.01. The SMILES string of the molecule is [CH2]C[C@H](Oc1ccc(CCl)c(C)c1)c1cccs1. The van der Waals surface area contributed by atoms with Gasteiger partial charge in [0.1, 0.15) is 11.9 Å². The Kier molecular flexibility index (Phi) is 4.67. The summed E-state index contributed by atoms with van der Waals surface area (Å²) < 4.78 is 5.99. The normalized spacial score (nSPS) is 12.4. The van der Waals surface area contributed by atoms with Crippen LogP contribution < -0.4 is 4.74 Å². The maximum absolute atomic E-state index is 5.99. The summed E-state index contributed by atoms with van der Waals surface area (Å²) in [6.07, 6.45) is 0.753. The molecule has 1 radical (unpaired) electrons. The summed E-state index contributed by atoms with van der Waals surface area (Å²) in [7, 11) is 0. The average molecular weight is 280 g/mol. The molecule has 0 saturated heterocycles. The van der Waals surface area contributed by atoms with Crippen LogP contribution in [0.2, 0.25) is 0 Å². The Labute approximate surface area is 117 Å². The summed E-state index contributed by atoms with van der Waals surface area (Å²) in [5, 5.41) is 2.06. The van der Waals surface area contributed by atoms with Crippen LogP contribution in [0, 0.1) is 13.8 Å².